The Hall–Kier alpha value is -1.81. The van der Waals surface area contributed by atoms with Gasteiger partial charge in [0.1, 0.15) is 5.75 Å². The van der Waals surface area contributed by atoms with E-state index in [2.05, 4.69) is 5.32 Å². The number of rotatable bonds is 4. The van der Waals surface area contributed by atoms with E-state index in [0.717, 1.165) is 0 Å². The fourth-order valence-corrected chi connectivity index (χ4v) is 2.00. The molecular weight excluding hydrogens is 228 g/mol. The third-order valence-corrected chi connectivity index (χ3v) is 2.90. The molecule has 2 rings (SSSR count). The molecule has 4 heteroatoms. The van der Waals surface area contributed by atoms with E-state index in [4.69, 9.17) is 10.5 Å². The van der Waals surface area contributed by atoms with Gasteiger partial charge in [0.15, 0.2) is 0 Å². The minimum absolute atomic E-state index is 0.0112. The van der Waals surface area contributed by atoms with Crippen molar-refractivity contribution in [3.63, 3.8) is 0 Å². The smallest absolute Gasteiger partial charge is 0.231 e. The fourth-order valence-electron chi connectivity index (χ4n) is 2.00. The summed E-state index contributed by atoms with van der Waals surface area (Å²) in [5, 5.41) is 2.89. The van der Waals surface area contributed by atoms with Crippen molar-refractivity contribution in [3.8, 4) is 5.75 Å². The highest BCUT2D eigenvalue weighted by Gasteiger charge is 2.23. The molecule has 18 heavy (non-hydrogen) atoms. The van der Waals surface area contributed by atoms with Crippen LogP contribution in [-0.4, -0.2) is 18.6 Å². The summed E-state index contributed by atoms with van der Waals surface area (Å²) in [5.74, 6) is 0.515. The van der Waals surface area contributed by atoms with Gasteiger partial charge < -0.3 is 15.8 Å². The number of ether oxygens (including phenoxy) is 1. The molecule has 96 valence electrons. The standard InChI is InChI=1S/C14H18N2O2/c1-2-18-13-6-4-3-5-12(13)16-14(17)10-7-8-11(15)9-10/h3-8,10-11H,2,9,15H2,1H3,(H,16,17). The number of nitrogens with one attached hydrogen (secondary N) is 1. The third-order valence-electron chi connectivity index (χ3n) is 2.90. The number of anilines is 1. The molecule has 0 fully saturated rings. The molecule has 0 saturated heterocycles. The van der Waals surface area contributed by atoms with Crippen molar-refractivity contribution in [2.24, 2.45) is 11.7 Å². The van der Waals surface area contributed by atoms with Gasteiger partial charge in [-0.25, -0.2) is 0 Å². The van der Waals surface area contributed by atoms with Gasteiger partial charge in [-0.05, 0) is 25.5 Å². The number of nitrogens with two attached hydrogens (primary N) is 1. The Bertz CT molecular complexity index is 457. The van der Waals surface area contributed by atoms with Crippen LogP contribution in [0.5, 0.6) is 5.75 Å². The average molecular weight is 246 g/mol. The van der Waals surface area contributed by atoms with E-state index in [1.807, 2.05) is 43.3 Å². The van der Waals surface area contributed by atoms with Crippen LogP contribution in [0.15, 0.2) is 36.4 Å². The van der Waals surface area contributed by atoms with E-state index >= 15 is 0 Å². The molecule has 2 atom stereocenters. The Balaban J connectivity index is 2.05. The predicted molar refractivity (Wildman–Crippen MR) is 71.5 cm³/mol. The molecule has 1 aliphatic rings. The number of hydrogen-bond donors (Lipinski definition) is 2. The highest BCUT2D eigenvalue weighted by atomic mass is 16.5. The van der Waals surface area contributed by atoms with Crippen LogP contribution in [0.3, 0.4) is 0 Å². The lowest BCUT2D eigenvalue weighted by atomic mass is 10.1. The molecule has 0 aliphatic heterocycles. The molecular formula is C14H18N2O2. The second-order valence-electron chi connectivity index (χ2n) is 4.31. The fraction of sp³-hybridized carbons (Fsp3) is 0.357. The lowest BCUT2D eigenvalue weighted by Crippen LogP contribution is -2.24. The molecule has 0 radical (unpaired) electrons. The number of hydrogen-bond acceptors (Lipinski definition) is 3. The van der Waals surface area contributed by atoms with E-state index in [9.17, 15) is 4.79 Å². The summed E-state index contributed by atoms with van der Waals surface area (Å²) < 4.78 is 5.46. The van der Waals surface area contributed by atoms with Gasteiger partial charge >= 0.3 is 0 Å². The summed E-state index contributed by atoms with van der Waals surface area (Å²) in [6.45, 7) is 2.48. The maximum absolute atomic E-state index is 12.0. The molecule has 2 unspecified atom stereocenters. The summed E-state index contributed by atoms with van der Waals surface area (Å²) in [5.41, 5.74) is 6.45. The van der Waals surface area contributed by atoms with Crippen molar-refractivity contribution in [3.05, 3.63) is 36.4 Å². The quantitative estimate of drug-likeness (QED) is 0.798. The summed E-state index contributed by atoms with van der Waals surface area (Å²) in [6.07, 6.45) is 4.41. The van der Waals surface area contributed by atoms with E-state index < -0.39 is 0 Å². The number of amides is 1. The van der Waals surface area contributed by atoms with Crippen LogP contribution in [0.1, 0.15) is 13.3 Å². The topological polar surface area (TPSA) is 64.3 Å². The van der Waals surface area contributed by atoms with Crippen LogP contribution < -0.4 is 15.8 Å². The number of carbonyl (C=O) groups excluding carboxylic acids is 1. The lowest BCUT2D eigenvalue weighted by molar-refractivity contribution is -0.118. The van der Waals surface area contributed by atoms with Crippen molar-refractivity contribution in [1.29, 1.82) is 0 Å². The number of para-hydroxylation sites is 2. The van der Waals surface area contributed by atoms with E-state index in [1.54, 1.807) is 0 Å². The largest absolute Gasteiger partial charge is 0.492 e. The maximum atomic E-state index is 12.0. The van der Waals surface area contributed by atoms with Crippen molar-refractivity contribution >= 4 is 11.6 Å². The van der Waals surface area contributed by atoms with Crippen LogP contribution in [0, 0.1) is 5.92 Å². The predicted octanol–water partition coefficient (Wildman–Crippen LogP) is 1.93. The zero-order valence-corrected chi connectivity index (χ0v) is 10.4. The first-order valence-corrected chi connectivity index (χ1v) is 6.17. The Morgan fingerprint density at radius 1 is 1.44 bits per heavy atom. The molecule has 0 heterocycles. The van der Waals surface area contributed by atoms with Gasteiger partial charge in [-0.2, -0.15) is 0 Å². The minimum Gasteiger partial charge on any atom is -0.492 e. The van der Waals surface area contributed by atoms with Crippen molar-refractivity contribution in [1.82, 2.24) is 0 Å². The number of benzene rings is 1. The van der Waals surface area contributed by atoms with Gasteiger partial charge in [0.2, 0.25) is 5.91 Å². The van der Waals surface area contributed by atoms with Crippen LogP contribution >= 0.6 is 0 Å². The molecule has 0 bridgehead atoms. The Morgan fingerprint density at radius 3 is 2.89 bits per heavy atom. The lowest BCUT2D eigenvalue weighted by Gasteiger charge is -2.13. The second kappa shape index (κ2) is 5.69. The van der Waals surface area contributed by atoms with Crippen molar-refractivity contribution in [2.75, 3.05) is 11.9 Å². The highest BCUT2D eigenvalue weighted by molar-refractivity contribution is 5.95. The Kier molecular flexibility index (Phi) is 3.99. The molecule has 0 saturated carbocycles. The third kappa shape index (κ3) is 2.90. The molecule has 1 aromatic carbocycles. The normalized spacial score (nSPS) is 21.9. The van der Waals surface area contributed by atoms with Gasteiger partial charge in [-0.15, -0.1) is 0 Å². The van der Waals surface area contributed by atoms with Crippen LogP contribution in [0.2, 0.25) is 0 Å². The average Bonchev–Trinajstić information content (AvgIpc) is 2.79. The molecule has 1 aromatic rings. The van der Waals surface area contributed by atoms with Crippen LogP contribution in [0.25, 0.3) is 0 Å². The summed E-state index contributed by atoms with van der Waals surface area (Å²) in [6, 6.07) is 7.42. The molecule has 0 aromatic heterocycles. The monoisotopic (exact) mass is 246 g/mol. The highest BCUT2D eigenvalue weighted by Crippen LogP contribution is 2.25. The molecule has 0 spiro atoms. The summed E-state index contributed by atoms with van der Waals surface area (Å²) >= 11 is 0. The second-order valence-corrected chi connectivity index (χ2v) is 4.31. The van der Waals surface area contributed by atoms with Crippen molar-refractivity contribution < 1.29 is 9.53 Å². The molecule has 4 nitrogen and oxygen atoms in total. The van der Waals surface area contributed by atoms with Gasteiger partial charge in [0, 0.05) is 6.04 Å². The minimum atomic E-state index is -0.144. The molecule has 1 amide bonds. The zero-order valence-electron chi connectivity index (χ0n) is 10.4. The zero-order chi connectivity index (χ0) is 13.0. The van der Waals surface area contributed by atoms with Gasteiger partial charge in [-0.1, -0.05) is 24.3 Å². The van der Waals surface area contributed by atoms with E-state index in [0.29, 0.717) is 24.5 Å². The Morgan fingerprint density at radius 2 is 2.22 bits per heavy atom. The van der Waals surface area contributed by atoms with Crippen molar-refractivity contribution in [2.45, 2.75) is 19.4 Å². The first kappa shape index (κ1) is 12.6. The maximum Gasteiger partial charge on any atom is 0.231 e. The first-order valence-electron chi connectivity index (χ1n) is 6.17. The van der Waals surface area contributed by atoms with E-state index in [-0.39, 0.29) is 17.9 Å². The SMILES string of the molecule is CCOc1ccccc1NC(=O)C1C=CC(N)C1. The Labute approximate surface area is 107 Å². The van der Waals surface area contributed by atoms with Crippen LogP contribution in [-0.2, 0) is 4.79 Å². The first-order chi connectivity index (χ1) is 8.70. The van der Waals surface area contributed by atoms with Crippen LogP contribution in [0.4, 0.5) is 5.69 Å². The van der Waals surface area contributed by atoms with Gasteiger partial charge in [0.25, 0.3) is 0 Å². The summed E-state index contributed by atoms with van der Waals surface area (Å²) in [7, 11) is 0. The van der Waals surface area contributed by atoms with E-state index in [1.165, 1.54) is 0 Å². The molecule has 3 N–H and O–H groups in total. The number of carbonyl (C=O) groups is 1. The van der Waals surface area contributed by atoms with Gasteiger partial charge in [0.05, 0.1) is 18.2 Å². The van der Waals surface area contributed by atoms with Gasteiger partial charge in [-0.3, -0.25) is 4.79 Å². The summed E-state index contributed by atoms with van der Waals surface area (Å²) in [4.78, 5) is 12.0. The molecule has 1 aliphatic carbocycles.